The van der Waals surface area contributed by atoms with Gasteiger partial charge >= 0.3 is 6.09 Å². The van der Waals surface area contributed by atoms with Gasteiger partial charge in [-0.2, -0.15) is 0 Å². The van der Waals surface area contributed by atoms with Crippen LogP contribution in [-0.2, 0) is 4.74 Å². The Morgan fingerprint density at radius 3 is 2.45 bits per heavy atom. The fraction of sp³-hybridized carbons (Fsp3) is 0.941. The van der Waals surface area contributed by atoms with Gasteiger partial charge in [-0.15, -0.1) is 0 Å². The number of rotatable bonds is 3. The number of piperidine rings is 1. The van der Waals surface area contributed by atoms with E-state index in [1.54, 1.807) is 0 Å². The molecule has 0 aromatic carbocycles. The van der Waals surface area contributed by atoms with E-state index in [1.165, 1.54) is 12.8 Å². The van der Waals surface area contributed by atoms with Crippen molar-refractivity contribution < 1.29 is 14.6 Å². The zero-order valence-electron chi connectivity index (χ0n) is 14.3. The second-order valence-electron chi connectivity index (χ2n) is 7.72. The molecule has 1 amide bonds. The molecule has 2 aliphatic rings. The number of carbonyl (C=O) groups excluding carboxylic acids is 1. The molecule has 0 bridgehead atoms. The maximum Gasteiger partial charge on any atom is 0.407 e. The second-order valence-corrected chi connectivity index (χ2v) is 7.72. The van der Waals surface area contributed by atoms with Crippen LogP contribution in [0.25, 0.3) is 0 Å². The number of ether oxygens (including phenoxy) is 1. The predicted octanol–water partition coefficient (Wildman–Crippen LogP) is 2.67. The van der Waals surface area contributed by atoms with E-state index in [2.05, 4.69) is 10.2 Å². The highest BCUT2D eigenvalue weighted by atomic mass is 16.6. The summed E-state index contributed by atoms with van der Waals surface area (Å²) in [5.41, 5.74) is -0.441. The average molecular weight is 312 g/mol. The summed E-state index contributed by atoms with van der Waals surface area (Å²) in [5, 5.41) is 12.6. The number of carbonyl (C=O) groups is 1. The number of hydrogen-bond acceptors (Lipinski definition) is 4. The Morgan fingerprint density at radius 2 is 1.86 bits per heavy atom. The van der Waals surface area contributed by atoms with E-state index in [1.807, 2.05) is 20.8 Å². The van der Waals surface area contributed by atoms with Gasteiger partial charge in [-0.1, -0.05) is 6.42 Å². The molecule has 0 spiro atoms. The van der Waals surface area contributed by atoms with Crippen molar-refractivity contribution in [2.75, 3.05) is 13.2 Å². The number of alkyl carbamates (subject to hydrolysis) is 1. The fourth-order valence-electron chi connectivity index (χ4n) is 3.73. The monoisotopic (exact) mass is 312 g/mol. The van der Waals surface area contributed by atoms with E-state index in [0.717, 1.165) is 38.6 Å². The minimum absolute atomic E-state index is 0.225. The summed E-state index contributed by atoms with van der Waals surface area (Å²) < 4.78 is 5.32. The molecule has 2 rings (SSSR count). The van der Waals surface area contributed by atoms with Crippen LogP contribution in [0.15, 0.2) is 0 Å². The fourth-order valence-corrected chi connectivity index (χ4v) is 3.73. The standard InChI is InChI=1S/C17H32N2O3/c1-17(2,3)22-16(21)18-13-7-9-14(10-8-13)19-11-5-4-6-15(19)12-20/h13-15,20H,4-12H2,1-3H3,(H,18,21). The van der Waals surface area contributed by atoms with E-state index < -0.39 is 5.60 Å². The Kier molecular flexibility index (Phi) is 6.09. The number of nitrogens with zero attached hydrogens (tertiary/aromatic N) is 1. The highest BCUT2D eigenvalue weighted by molar-refractivity contribution is 5.68. The third kappa shape index (κ3) is 5.13. The van der Waals surface area contributed by atoms with Crippen LogP contribution in [0.4, 0.5) is 4.79 Å². The van der Waals surface area contributed by atoms with Gasteiger partial charge in [0.15, 0.2) is 0 Å². The molecule has 0 aromatic rings. The second kappa shape index (κ2) is 7.64. The van der Waals surface area contributed by atoms with Gasteiger partial charge in [-0.05, 0) is 65.8 Å². The molecule has 1 saturated carbocycles. The molecule has 5 heteroatoms. The molecule has 1 aliphatic heterocycles. The summed E-state index contributed by atoms with van der Waals surface area (Å²) >= 11 is 0. The Morgan fingerprint density at radius 1 is 1.18 bits per heavy atom. The third-order valence-electron chi connectivity index (χ3n) is 4.77. The molecule has 2 fully saturated rings. The molecule has 1 saturated heterocycles. The Bertz CT molecular complexity index is 359. The van der Waals surface area contributed by atoms with Crippen molar-refractivity contribution in [2.24, 2.45) is 0 Å². The zero-order chi connectivity index (χ0) is 16.2. The van der Waals surface area contributed by atoms with Gasteiger partial charge in [0.1, 0.15) is 5.60 Å². The summed E-state index contributed by atoms with van der Waals surface area (Å²) in [4.78, 5) is 14.3. The normalized spacial score (nSPS) is 30.8. The van der Waals surface area contributed by atoms with Gasteiger partial charge < -0.3 is 15.2 Å². The highest BCUT2D eigenvalue weighted by Crippen LogP contribution is 2.28. The molecule has 1 heterocycles. The number of aliphatic hydroxyl groups is 1. The largest absolute Gasteiger partial charge is 0.444 e. The maximum absolute atomic E-state index is 11.8. The number of nitrogens with one attached hydrogen (secondary N) is 1. The summed E-state index contributed by atoms with van der Waals surface area (Å²) in [6.07, 6.45) is 7.48. The van der Waals surface area contributed by atoms with Crippen LogP contribution in [0.1, 0.15) is 65.7 Å². The SMILES string of the molecule is CC(C)(C)OC(=O)NC1CCC(N2CCCCC2CO)CC1. The van der Waals surface area contributed by atoms with Crippen molar-refractivity contribution in [3.8, 4) is 0 Å². The third-order valence-corrected chi connectivity index (χ3v) is 4.77. The Hall–Kier alpha value is -0.810. The summed E-state index contributed by atoms with van der Waals surface area (Å²) in [6.45, 7) is 7.04. The van der Waals surface area contributed by atoms with Crippen LogP contribution in [0.5, 0.6) is 0 Å². The molecule has 2 N–H and O–H groups in total. The molecule has 5 nitrogen and oxygen atoms in total. The lowest BCUT2D eigenvalue weighted by Crippen LogP contribution is -2.51. The molecule has 1 atom stereocenters. The van der Waals surface area contributed by atoms with E-state index in [-0.39, 0.29) is 18.7 Å². The van der Waals surface area contributed by atoms with Crippen LogP contribution in [0, 0.1) is 0 Å². The van der Waals surface area contributed by atoms with Crippen LogP contribution in [-0.4, -0.2) is 53.0 Å². The summed E-state index contributed by atoms with van der Waals surface area (Å²) in [5.74, 6) is 0. The van der Waals surface area contributed by atoms with Crippen molar-refractivity contribution in [3.05, 3.63) is 0 Å². The van der Waals surface area contributed by atoms with Crippen LogP contribution < -0.4 is 5.32 Å². The van der Waals surface area contributed by atoms with Crippen LogP contribution in [0.2, 0.25) is 0 Å². The van der Waals surface area contributed by atoms with Crippen molar-refractivity contribution in [1.82, 2.24) is 10.2 Å². The van der Waals surface area contributed by atoms with Gasteiger partial charge in [0, 0.05) is 18.1 Å². The van der Waals surface area contributed by atoms with Crippen molar-refractivity contribution >= 4 is 6.09 Å². The first-order valence-electron chi connectivity index (χ1n) is 8.75. The molecule has 128 valence electrons. The number of amides is 1. The molecular formula is C17H32N2O3. The van der Waals surface area contributed by atoms with E-state index in [4.69, 9.17) is 4.74 Å². The molecule has 0 radical (unpaired) electrons. The van der Waals surface area contributed by atoms with Gasteiger partial charge in [0.25, 0.3) is 0 Å². The van der Waals surface area contributed by atoms with E-state index >= 15 is 0 Å². The van der Waals surface area contributed by atoms with Gasteiger partial charge in [0.05, 0.1) is 6.61 Å². The zero-order valence-corrected chi connectivity index (χ0v) is 14.3. The van der Waals surface area contributed by atoms with Crippen molar-refractivity contribution in [2.45, 2.75) is 89.4 Å². The van der Waals surface area contributed by atoms with E-state index in [9.17, 15) is 9.90 Å². The Labute approximate surface area is 134 Å². The summed E-state index contributed by atoms with van der Waals surface area (Å²) in [6, 6.07) is 1.13. The van der Waals surface area contributed by atoms with E-state index in [0.29, 0.717) is 12.1 Å². The lowest BCUT2D eigenvalue weighted by atomic mass is 9.87. The van der Waals surface area contributed by atoms with Crippen molar-refractivity contribution in [1.29, 1.82) is 0 Å². The predicted molar refractivity (Wildman–Crippen MR) is 86.8 cm³/mol. The van der Waals surface area contributed by atoms with Crippen LogP contribution >= 0.6 is 0 Å². The lowest BCUT2D eigenvalue weighted by molar-refractivity contribution is 0.0298. The minimum Gasteiger partial charge on any atom is -0.444 e. The molecular weight excluding hydrogens is 280 g/mol. The first-order chi connectivity index (χ1) is 10.4. The molecule has 22 heavy (non-hydrogen) atoms. The first kappa shape index (κ1) is 17.5. The molecule has 0 aromatic heterocycles. The maximum atomic E-state index is 11.8. The Balaban J connectivity index is 1.76. The first-order valence-corrected chi connectivity index (χ1v) is 8.75. The molecule has 1 unspecified atom stereocenters. The van der Waals surface area contributed by atoms with Gasteiger partial charge in [0.2, 0.25) is 0 Å². The molecule has 1 aliphatic carbocycles. The lowest BCUT2D eigenvalue weighted by Gasteiger charge is -2.43. The highest BCUT2D eigenvalue weighted by Gasteiger charge is 2.32. The number of likely N-dealkylation sites (tertiary alicyclic amines) is 1. The topological polar surface area (TPSA) is 61.8 Å². The smallest absolute Gasteiger partial charge is 0.407 e. The van der Waals surface area contributed by atoms with Gasteiger partial charge in [-0.3, -0.25) is 4.90 Å². The number of aliphatic hydroxyl groups excluding tert-OH is 1. The minimum atomic E-state index is -0.441. The average Bonchev–Trinajstić information content (AvgIpc) is 2.46. The van der Waals surface area contributed by atoms with Crippen molar-refractivity contribution in [3.63, 3.8) is 0 Å². The number of hydrogen-bond donors (Lipinski definition) is 2. The van der Waals surface area contributed by atoms with Crippen LogP contribution in [0.3, 0.4) is 0 Å². The summed E-state index contributed by atoms with van der Waals surface area (Å²) in [7, 11) is 0. The quantitative estimate of drug-likeness (QED) is 0.841. The van der Waals surface area contributed by atoms with Gasteiger partial charge in [-0.25, -0.2) is 4.79 Å².